The summed E-state index contributed by atoms with van der Waals surface area (Å²) < 4.78 is 12.9. The molecule has 2 heterocycles. The molecular weight excluding hydrogens is 258 g/mol. The second kappa shape index (κ2) is 5.39. The predicted molar refractivity (Wildman–Crippen MR) is 79.6 cm³/mol. The minimum absolute atomic E-state index is 0.744. The molecule has 0 spiro atoms. The van der Waals surface area contributed by atoms with E-state index in [0.717, 1.165) is 44.1 Å². The summed E-state index contributed by atoms with van der Waals surface area (Å²) in [6.07, 6.45) is 2.00. The molecule has 1 aliphatic heterocycles. The molecule has 0 bridgehead atoms. The van der Waals surface area contributed by atoms with E-state index in [1.54, 1.807) is 0 Å². The van der Waals surface area contributed by atoms with Gasteiger partial charge in [0.05, 0.1) is 13.2 Å². The monoisotopic (exact) mass is 277 g/mol. The van der Waals surface area contributed by atoms with Crippen LogP contribution in [0.15, 0.2) is 12.1 Å². The number of ether oxygens (including phenoxy) is 2. The average molecular weight is 277 g/mol. The van der Waals surface area contributed by atoms with Crippen LogP contribution in [0.1, 0.15) is 23.8 Å². The van der Waals surface area contributed by atoms with E-state index in [4.69, 9.17) is 9.47 Å². The van der Waals surface area contributed by atoms with Crippen molar-refractivity contribution in [2.24, 2.45) is 0 Å². The van der Waals surface area contributed by atoms with Crippen LogP contribution >= 0.6 is 11.3 Å². The second-order valence-electron chi connectivity index (χ2n) is 4.73. The third-order valence-corrected chi connectivity index (χ3v) is 4.63. The Labute approximate surface area is 117 Å². The summed E-state index contributed by atoms with van der Waals surface area (Å²) in [7, 11) is 1.99. The lowest BCUT2D eigenvalue weighted by Crippen LogP contribution is -2.04. The van der Waals surface area contributed by atoms with Gasteiger partial charge < -0.3 is 14.8 Å². The summed E-state index contributed by atoms with van der Waals surface area (Å²) in [5.74, 6) is 1.79. The summed E-state index contributed by atoms with van der Waals surface area (Å²) in [5.41, 5.74) is 1.44. The largest absolute Gasteiger partial charge is 0.490 e. The molecule has 4 heteroatoms. The van der Waals surface area contributed by atoms with Crippen molar-refractivity contribution in [3.8, 4) is 11.5 Å². The number of fused-ring (bicyclic) bond motifs is 2. The molecule has 3 nitrogen and oxygen atoms in total. The van der Waals surface area contributed by atoms with Crippen LogP contribution in [-0.4, -0.2) is 20.3 Å². The van der Waals surface area contributed by atoms with Gasteiger partial charge in [0.1, 0.15) is 0 Å². The van der Waals surface area contributed by atoms with Gasteiger partial charge in [-0.2, -0.15) is 0 Å². The molecule has 1 N–H and O–H groups in total. The topological polar surface area (TPSA) is 30.5 Å². The Kier molecular flexibility index (Phi) is 3.62. The molecular formula is C15H19NO2S. The zero-order valence-corrected chi connectivity index (χ0v) is 12.2. The highest BCUT2D eigenvalue weighted by molar-refractivity contribution is 7.19. The SMILES string of the molecule is CCc1c(CNC)sc2cc3c(cc12)OCCCO3. The van der Waals surface area contributed by atoms with Crippen LogP contribution in [0.3, 0.4) is 0 Å². The Balaban J connectivity index is 2.14. The summed E-state index contributed by atoms with van der Waals surface area (Å²) in [4.78, 5) is 1.42. The maximum absolute atomic E-state index is 5.79. The highest BCUT2D eigenvalue weighted by atomic mass is 32.1. The molecule has 0 saturated heterocycles. The van der Waals surface area contributed by atoms with Crippen LogP contribution in [0, 0.1) is 0 Å². The van der Waals surface area contributed by atoms with Crippen LogP contribution in [0.4, 0.5) is 0 Å². The van der Waals surface area contributed by atoms with Gasteiger partial charge in [-0.15, -0.1) is 11.3 Å². The van der Waals surface area contributed by atoms with E-state index in [-0.39, 0.29) is 0 Å². The molecule has 3 rings (SSSR count). The molecule has 0 radical (unpaired) electrons. The molecule has 0 unspecified atom stereocenters. The van der Waals surface area contributed by atoms with E-state index in [1.807, 2.05) is 18.4 Å². The average Bonchev–Trinajstić information content (AvgIpc) is 2.58. The second-order valence-corrected chi connectivity index (χ2v) is 5.87. The van der Waals surface area contributed by atoms with Crippen LogP contribution in [0.5, 0.6) is 11.5 Å². The summed E-state index contributed by atoms with van der Waals surface area (Å²) in [6, 6.07) is 4.30. The molecule has 0 atom stereocenters. The molecule has 1 aromatic carbocycles. The number of nitrogens with one attached hydrogen (secondary N) is 1. The zero-order valence-electron chi connectivity index (χ0n) is 11.4. The molecule has 102 valence electrons. The van der Waals surface area contributed by atoms with E-state index in [9.17, 15) is 0 Å². The Morgan fingerprint density at radius 1 is 1.21 bits per heavy atom. The van der Waals surface area contributed by atoms with Crippen molar-refractivity contribution in [2.75, 3.05) is 20.3 Å². The fourth-order valence-electron chi connectivity index (χ4n) is 2.55. The molecule has 1 aromatic heterocycles. The molecule has 19 heavy (non-hydrogen) atoms. The first-order valence-corrected chi connectivity index (χ1v) is 7.63. The molecule has 0 amide bonds. The van der Waals surface area contributed by atoms with E-state index >= 15 is 0 Å². The lowest BCUT2D eigenvalue weighted by molar-refractivity contribution is 0.297. The standard InChI is InChI=1S/C15H19NO2S/c1-3-10-11-7-12-13(18-6-4-5-17-12)8-14(11)19-15(10)9-16-2/h7-8,16H,3-6,9H2,1-2H3. The van der Waals surface area contributed by atoms with Gasteiger partial charge in [0.2, 0.25) is 0 Å². The third kappa shape index (κ3) is 2.30. The smallest absolute Gasteiger partial charge is 0.162 e. The number of thiophene rings is 1. The molecule has 2 aromatic rings. The van der Waals surface area contributed by atoms with Crippen LogP contribution in [0.25, 0.3) is 10.1 Å². The van der Waals surface area contributed by atoms with Gasteiger partial charge in [0, 0.05) is 28.6 Å². The lowest BCUT2D eigenvalue weighted by Gasteiger charge is -2.07. The van der Waals surface area contributed by atoms with Gasteiger partial charge in [0.15, 0.2) is 11.5 Å². The Bertz CT molecular complexity index is 591. The van der Waals surface area contributed by atoms with Crippen molar-refractivity contribution >= 4 is 21.4 Å². The highest BCUT2D eigenvalue weighted by Crippen LogP contribution is 2.40. The summed E-state index contributed by atoms with van der Waals surface area (Å²) >= 11 is 1.85. The molecule has 0 saturated carbocycles. The summed E-state index contributed by atoms with van der Waals surface area (Å²) in [5, 5.41) is 4.57. The predicted octanol–water partition coefficient (Wildman–Crippen LogP) is 3.34. The molecule has 0 fully saturated rings. The first-order chi connectivity index (χ1) is 9.33. The zero-order chi connectivity index (χ0) is 13.2. The number of aryl methyl sites for hydroxylation is 1. The van der Waals surface area contributed by atoms with Crippen LogP contribution < -0.4 is 14.8 Å². The minimum Gasteiger partial charge on any atom is -0.490 e. The van der Waals surface area contributed by atoms with Crippen LogP contribution in [-0.2, 0) is 13.0 Å². The number of benzene rings is 1. The van der Waals surface area contributed by atoms with Crippen molar-refractivity contribution in [3.63, 3.8) is 0 Å². The highest BCUT2D eigenvalue weighted by Gasteiger charge is 2.16. The quantitative estimate of drug-likeness (QED) is 0.933. The Hall–Kier alpha value is -1.26. The minimum atomic E-state index is 0.744. The fraction of sp³-hybridized carbons (Fsp3) is 0.467. The Morgan fingerprint density at radius 3 is 2.63 bits per heavy atom. The van der Waals surface area contributed by atoms with Crippen molar-refractivity contribution in [2.45, 2.75) is 26.3 Å². The first kappa shape index (κ1) is 12.8. The maximum atomic E-state index is 5.79. The van der Waals surface area contributed by atoms with Crippen LogP contribution in [0.2, 0.25) is 0 Å². The lowest BCUT2D eigenvalue weighted by atomic mass is 10.1. The fourth-order valence-corrected chi connectivity index (χ4v) is 3.86. The van der Waals surface area contributed by atoms with E-state index in [1.165, 1.54) is 20.5 Å². The van der Waals surface area contributed by atoms with Gasteiger partial charge in [0.25, 0.3) is 0 Å². The summed E-state index contributed by atoms with van der Waals surface area (Å²) in [6.45, 7) is 4.62. The number of hydrogen-bond acceptors (Lipinski definition) is 4. The van der Waals surface area contributed by atoms with Crippen molar-refractivity contribution in [1.82, 2.24) is 5.32 Å². The Morgan fingerprint density at radius 2 is 1.95 bits per heavy atom. The van der Waals surface area contributed by atoms with Gasteiger partial charge in [-0.25, -0.2) is 0 Å². The van der Waals surface area contributed by atoms with E-state index in [0.29, 0.717) is 0 Å². The van der Waals surface area contributed by atoms with Crippen molar-refractivity contribution in [1.29, 1.82) is 0 Å². The van der Waals surface area contributed by atoms with Gasteiger partial charge in [-0.3, -0.25) is 0 Å². The molecule has 1 aliphatic rings. The van der Waals surface area contributed by atoms with Gasteiger partial charge in [-0.05, 0) is 30.5 Å². The van der Waals surface area contributed by atoms with E-state index in [2.05, 4.69) is 24.4 Å². The third-order valence-electron chi connectivity index (χ3n) is 3.44. The maximum Gasteiger partial charge on any atom is 0.162 e. The van der Waals surface area contributed by atoms with Gasteiger partial charge in [-0.1, -0.05) is 6.92 Å². The molecule has 0 aliphatic carbocycles. The number of hydrogen-bond donors (Lipinski definition) is 1. The first-order valence-electron chi connectivity index (χ1n) is 6.82. The normalized spacial score (nSPS) is 14.6. The van der Waals surface area contributed by atoms with Gasteiger partial charge >= 0.3 is 0 Å². The number of rotatable bonds is 3. The van der Waals surface area contributed by atoms with Crippen molar-refractivity contribution < 1.29 is 9.47 Å². The van der Waals surface area contributed by atoms with E-state index < -0.39 is 0 Å². The van der Waals surface area contributed by atoms with Crippen molar-refractivity contribution in [3.05, 3.63) is 22.6 Å².